The van der Waals surface area contributed by atoms with Crippen molar-refractivity contribution in [1.29, 1.82) is 0 Å². The molecule has 1 aliphatic heterocycles. The minimum absolute atomic E-state index is 0.0296. The molecule has 0 spiro atoms. The van der Waals surface area contributed by atoms with Gasteiger partial charge in [0.2, 0.25) is 0 Å². The first-order chi connectivity index (χ1) is 9.75. The molecule has 1 N–H and O–H groups in total. The SMILES string of the molecule is O=C(O)c1ncccc1-c1ccc2c(c1)OCCCO2. The number of hydrogen-bond donors (Lipinski definition) is 1. The van der Waals surface area contributed by atoms with Crippen LogP contribution in [-0.4, -0.2) is 29.3 Å². The van der Waals surface area contributed by atoms with Crippen LogP contribution < -0.4 is 9.47 Å². The van der Waals surface area contributed by atoms with Gasteiger partial charge < -0.3 is 14.6 Å². The minimum Gasteiger partial charge on any atom is -0.490 e. The first kappa shape index (κ1) is 12.5. The number of aromatic nitrogens is 1. The summed E-state index contributed by atoms with van der Waals surface area (Å²) in [6.07, 6.45) is 2.30. The summed E-state index contributed by atoms with van der Waals surface area (Å²) in [6.45, 7) is 1.22. The smallest absolute Gasteiger partial charge is 0.355 e. The highest BCUT2D eigenvalue weighted by Gasteiger charge is 2.16. The Morgan fingerprint density at radius 3 is 2.75 bits per heavy atom. The lowest BCUT2D eigenvalue weighted by Crippen LogP contribution is -2.02. The van der Waals surface area contributed by atoms with Crippen molar-refractivity contribution in [2.45, 2.75) is 6.42 Å². The minimum atomic E-state index is -1.05. The van der Waals surface area contributed by atoms with Crippen LogP contribution in [-0.2, 0) is 0 Å². The Kier molecular flexibility index (Phi) is 3.25. The van der Waals surface area contributed by atoms with Crippen LogP contribution in [0.25, 0.3) is 11.1 Å². The van der Waals surface area contributed by atoms with Gasteiger partial charge in [0, 0.05) is 18.2 Å². The maximum atomic E-state index is 11.2. The van der Waals surface area contributed by atoms with E-state index in [9.17, 15) is 9.90 Å². The molecule has 2 heterocycles. The number of benzene rings is 1. The lowest BCUT2D eigenvalue weighted by atomic mass is 10.0. The van der Waals surface area contributed by atoms with Gasteiger partial charge in [-0.3, -0.25) is 0 Å². The Hall–Kier alpha value is -2.56. The topological polar surface area (TPSA) is 68.7 Å². The highest BCUT2D eigenvalue weighted by atomic mass is 16.5. The van der Waals surface area contributed by atoms with E-state index in [0.717, 1.165) is 12.0 Å². The predicted molar refractivity (Wildman–Crippen MR) is 72.2 cm³/mol. The van der Waals surface area contributed by atoms with E-state index < -0.39 is 5.97 Å². The average Bonchev–Trinajstić information content (AvgIpc) is 2.71. The molecule has 102 valence electrons. The van der Waals surface area contributed by atoms with Crippen molar-refractivity contribution in [3.63, 3.8) is 0 Å². The van der Waals surface area contributed by atoms with Crippen LogP contribution >= 0.6 is 0 Å². The largest absolute Gasteiger partial charge is 0.490 e. The molecule has 1 aromatic heterocycles. The summed E-state index contributed by atoms with van der Waals surface area (Å²) < 4.78 is 11.2. The summed E-state index contributed by atoms with van der Waals surface area (Å²) in [7, 11) is 0. The number of pyridine rings is 1. The van der Waals surface area contributed by atoms with Gasteiger partial charge in [-0.05, 0) is 23.8 Å². The van der Waals surface area contributed by atoms with Crippen LogP contribution in [0.3, 0.4) is 0 Å². The van der Waals surface area contributed by atoms with Gasteiger partial charge in [0.05, 0.1) is 13.2 Å². The van der Waals surface area contributed by atoms with Gasteiger partial charge >= 0.3 is 5.97 Å². The zero-order chi connectivity index (χ0) is 13.9. The fourth-order valence-electron chi connectivity index (χ4n) is 2.14. The lowest BCUT2D eigenvalue weighted by Gasteiger charge is -2.10. The summed E-state index contributed by atoms with van der Waals surface area (Å²) in [6, 6.07) is 8.86. The number of fused-ring (bicyclic) bond motifs is 1. The zero-order valence-electron chi connectivity index (χ0n) is 10.7. The molecule has 0 aliphatic carbocycles. The van der Waals surface area contributed by atoms with Crippen molar-refractivity contribution in [3.8, 4) is 22.6 Å². The van der Waals surface area contributed by atoms with Gasteiger partial charge in [0.15, 0.2) is 17.2 Å². The van der Waals surface area contributed by atoms with E-state index in [0.29, 0.717) is 30.3 Å². The molecular weight excluding hydrogens is 258 g/mol. The highest BCUT2D eigenvalue weighted by molar-refractivity contribution is 5.94. The van der Waals surface area contributed by atoms with Crippen molar-refractivity contribution < 1.29 is 19.4 Å². The molecule has 0 bridgehead atoms. The molecule has 0 radical (unpaired) electrons. The third kappa shape index (κ3) is 2.30. The molecule has 2 aromatic rings. The maximum Gasteiger partial charge on any atom is 0.355 e. The monoisotopic (exact) mass is 271 g/mol. The number of carboxylic acid groups (broad SMARTS) is 1. The molecular formula is C15H13NO4. The van der Waals surface area contributed by atoms with Gasteiger partial charge in [-0.15, -0.1) is 0 Å². The van der Waals surface area contributed by atoms with Crippen molar-refractivity contribution >= 4 is 5.97 Å². The summed E-state index contributed by atoms with van der Waals surface area (Å²) in [5.41, 5.74) is 1.34. The molecule has 1 aromatic carbocycles. The van der Waals surface area contributed by atoms with E-state index in [1.807, 2.05) is 6.07 Å². The molecule has 3 rings (SSSR count). The van der Waals surface area contributed by atoms with Crippen LogP contribution in [0.15, 0.2) is 36.5 Å². The molecule has 0 saturated heterocycles. The van der Waals surface area contributed by atoms with Gasteiger partial charge in [0.1, 0.15) is 0 Å². The summed E-state index contributed by atoms with van der Waals surface area (Å²) in [4.78, 5) is 15.1. The van der Waals surface area contributed by atoms with Gasteiger partial charge in [-0.2, -0.15) is 0 Å². The quantitative estimate of drug-likeness (QED) is 0.909. The number of carboxylic acids is 1. The highest BCUT2D eigenvalue weighted by Crippen LogP contribution is 2.34. The molecule has 0 atom stereocenters. The Labute approximate surface area is 115 Å². The third-order valence-corrected chi connectivity index (χ3v) is 3.07. The van der Waals surface area contributed by atoms with Crippen LogP contribution in [0.1, 0.15) is 16.9 Å². The first-order valence-electron chi connectivity index (χ1n) is 6.34. The normalized spacial score (nSPS) is 13.6. The molecule has 5 heteroatoms. The molecule has 0 saturated carbocycles. The zero-order valence-corrected chi connectivity index (χ0v) is 10.7. The lowest BCUT2D eigenvalue weighted by molar-refractivity contribution is 0.0691. The number of hydrogen-bond acceptors (Lipinski definition) is 4. The fourth-order valence-corrected chi connectivity index (χ4v) is 2.14. The van der Waals surface area contributed by atoms with Gasteiger partial charge in [-0.1, -0.05) is 12.1 Å². The van der Waals surface area contributed by atoms with Crippen LogP contribution in [0.2, 0.25) is 0 Å². The Morgan fingerprint density at radius 1 is 1.15 bits per heavy atom. The van der Waals surface area contributed by atoms with E-state index in [-0.39, 0.29) is 5.69 Å². The summed E-state index contributed by atoms with van der Waals surface area (Å²) in [5.74, 6) is 0.278. The predicted octanol–water partition coefficient (Wildman–Crippen LogP) is 2.61. The number of aromatic carboxylic acids is 1. The van der Waals surface area contributed by atoms with Crippen LogP contribution in [0, 0.1) is 0 Å². The molecule has 0 unspecified atom stereocenters. The molecule has 20 heavy (non-hydrogen) atoms. The summed E-state index contributed by atoms with van der Waals surface area (Å²) in [5, 5.41) is 9.19. The Bertz CT molecular complexity index is 654. The van der Waals surface area contributed by atoms with E-state index in [1.54, 1.807) is 24.3 Å². The van der Waals surface area contributed by atoms with Crippen molar-refractivity contribution in [2.24, 2.45) is 0 Å². The molecule has 5 nitrogen and oxygen atoms in total. The van der Waals surface area contributed by atoms with Crippen molar-refractivity contribution in [3.05, 3.63) is 42.2 Å². The van der Waals surface area contributed by atoms with E-state index in [1.165, 1.54) is 6.20 Å². The fraction of sp³-hybridized carbons (Fsp3) is 0.200. The molecule has 1 aliphatic rings. The summed E-state index contributed by atoms with van der Waals surface area (Å²) >= 11 is 0. The van der Waals surface area contributed by atoms with Crippen LogP contribution in [0.5, 0.6) is 11.5 Å². The number of ether oxygens (including phenoxy) is 2. The third-order valence-electron chi connectivity index (χ3n) is 3.07. The number of nitrogens with zero attached hydrogens (tertiary/aromatic N) is 1. The first-order valence-corrected chi connectivity index (χ1v) is 6.34. The second-order valence-corrected chi connectivity index (χ2v) is 4.42. The van der Waals surface area contributed by atoms with Crippen molar-refractivity contribution in [2.75, 3.05) is 13.2 Å². The molecule has 0 amide bonds. The second-order valence-electron chi connectivity index (χ2n) is 4.42. The van der Waals surface area contributed by atoms with E-state index >= 15 is 0 Å². The molecule has 0 fully saturated rings. The van der Waals surface area contributed by atoms with Crippen LogP contribution in [0.4, 0.5) is 0 Å². The van der Waals surface area contributed by atoms with Gasteiger partial charge in [-0.25, -0.2) is 9.78 Å². The van der Waals surface area contributed by atoms with Gasteiger partial charge in [0.25, 0.3) is 0 Å². The second kappa shape index (κ2) is 5.21. The average molecular weight is 271 g/mol. The maximum absolute atomic E-state index is 11.2. The van der Waals surface area contributed by atoms with Crippen molar-refractivity contribution in [1.82, 2.24) is 4.98 Å². The Morgan fingerprint density at radius 2 is 1.95 bits per heavy atom. The van der Waals surface area contributed by atoms with E-state index in [2.05, 4.69) is 4.98 Å². The standard InChI is InChI=1S/C15H13NO4/c17-15(18)14-11(3-1-6-16-14)10-4-5-12-13(9-10)20-8-2-7-19-12/h1,3-6,9H,2,7-8H2,(H,17,18). The number of carbonyl (C=O) groups is 1. The van der Waals surface area contributed by atoms with E-state index in [4.69, 9.17) is 9.47 Å². The Balaban J connectivity index is 2.07. The number of rotatable bonds is 2.